The standard InChI is InChI=1S/C12H18FN3O/c1-14-15-11-3-2-10(12(13)8-11)9-16-4-6-17-7-5-16/h2-3,8,14-15H,4-7,9H2,1H3. The summed E-state index contributed by atoms with van der Waals surface area (Å²) in [7, 11) is 1.75. The molecule has 0 bridgehead atoms. The predicted molar refractivity (Wildman–Crippen MR) is 65.2 cm³/mol. The maximum Gasteiger partial charge on any atom is 0.129 e. The number of hydrogen-bond acceptors (Lipinski definition) is 4. The molecule has 0 saturated carbocycles. The minimum absolute atomic E-state index is 0.170. The molecule has 1 aliphatic heterocycles. The number of nitrogens with one attached hydrogen (secondary N) is 2. The van der Waals surface area contributed by atoms with Crippen LogP contribution in [0.5, 0.6) is 0 Å². The van der Waals surface area contributed by atoms with Crippen LogP contribution in [0.2, 0.25) is 0 Å². The highest BCUT2D eigenvalue weighted by molar-refractivity contribution is 5.44. The van der Waals surface area contributed by atoms with E-state index in [2.05, 4.69) is 15.8 Å². The second-order valence-electron chi connectivity index (χ2n) is 4.07. The van der Waals surface area contributed by atoms with E-state index in [1.807, 2.05) is 12.1 Å². The van der Waals surface area contributed by atoms with E-state index in [-0.39, 0.29) is 5.82 Å². The van der Waals surface area contributed by atoms with Crippen molar-refractivity contribution < 1.29 is 9.13 Å². The number of morpholine rings is 1. The van der Waals surface area contributed by atoms with Gasteiger partial charge in [-0.15, -0.1) is 0 Å². The molecule has 0 amide bonds. The molecule has 1 aromatic rings. The maximum absolute atomic E-state index is 13.8. The van der Waals surface area contributed by atoms with Gasteiger partial charge in [0.05, 0.1) is 18.9 Å². The van der Waals surface area contributed by atoms with E-state index < -0.39 is 0 Å². The van der Waals surface area contributed by atoms with Crippen LogP contribution in [0.15, 0.2) is 18.2 Å². The molecular weight excluding hydrogens is 221 g/mol. The third kappa shape index (κ3) is 3.39. The largest absolute Gasteiger partial charge is 0.379 e. The van der Waals surface area contributed by atoms with Crippen LogP contribution >= 0.6 is 0 Å². The third-order valence-corrected chi connectivity index (χ3v) is 2.82. The van der Waals surface area contributed by atoms with Gasteiger partial charge in [0.2, 0.25) is 0 Å². The smallest absolute Gasteiger partial charge is 0.129 e. The summed E-state index contributed by atoms with van der Waals surface area (Å²) in [6.07, 6.45) is 0. The summed E-state index contributed by atoms with van der Waals surface area (Å²) in [5, 5.41) is 0. The molecule has 1 aliphatic rings. The lowest BCUT2D eigenvalue weighted by Crippen LogP contribution is -2.35. The summed E-state index contributed by atoms with van der Waals surface area (Å²) in [6, 6.07) is 5.20. The van der Waals surface area contributed by atoms with Crippen LogP contribution < -0.4 is 10.9 Å². The topological polar surface area (TPSA) is 36.5 Å². The highest BCUT2D eigenvalue weighted by Gasteiger charge is 2.13. The molecule has 0 spiro atoms. The number of halogens is 1. The Morgan fingerprint density at radius 2 is 2.12 bits per heavy atom. The Morgan fingerprint density at radius 3 is 2.76 bits per heavy atom. The van der Waals surface area contributed by atoms with Gasteiger partial charge < -0.3 is 10.2 Å². The molecular formula is C12H18FN3O. The fraction of sp³-hybridized carbons (Fsp3) is 0.500. The fourth-order valence-electron chi connectivity index (χ4n) is 1.90. The first-order chi connectivity index (χ1) is 8.29. The average molecular weight is 239 g/mol. The van der Waals surface area contributed by atoms with Gasteiger partial charge in [0, 0.05) is 32.2 Å². The van der Waals surface area contributed by atoms with Gasteiger partial charge in [0.25, 0.3) is 0 Å². The number of anilines is 1. The second-order valence-corrected chi connectivity index (χ2v) is 4.07. The lowest BCUT2D eigenvalue weighted by Gasteiger charge is -2.26. The molecule has 0 radical (unpaired) electrons. The quantitative estimate of drug-likeness (QED) is 0.774. The lowest BCUT2D eigenvalue weighted by atomic mass is 10.1. The van der Waals surface area contributed by atoms with Crippen molar-refractivity contribution in [2.45, 2.75) is 6.54 Å². The van der Waals surface area contributed by atoms with Gasteiger partial charge in [-0.2, -0.15) is 0 Å². The van der Waals surface area contributed by atoms with Crippen molar-refractivity contribution in [3.8, 4) is 0 Å². The Hall–Kier alpha value is -1.17. The molecule has 2 rings (SSSR count). The molecule has 4 nitrogen and oxygen atoms in total. The molecule has 0 atom stereocenters. The zero-order valence-electron chi connectivity index (χ0n) is 10.0. The summed E-state index contributed by atoms with van der Waals surface area (Å²) in [5.74, 6) is -0.170. The molecule has 1 saturated heterocycles. The van der Waals surface area contributed by atoms with Crippen molar-refractivity contribution in [1.82, 2.24) is 10.3 Å². The van der Waals surface area contributed by atoms with Crippen molar-refractivity contribution in [3.05, 3.63) is 29.6 Å². The van der Waals surface area contributed by atoms with Gasteiger partial charge >= 0.3 is 0 Å². The SMILES string of the molecule is CNNc1ccc(CN2CCOCC2)c(F)c1. The molecule has 1 aromatic carbocycles. The van der Waals surface area contributed by atoms with Crippen LogP contribution in [0.1, 0.15) is 5.56 Å². The van der Waals surface area contributed by atoms with Crippen molar-refractivity contribution in [1.29, 1.82) is 0 Å². The van der Waals surface area contributed by atoms with E-state index in [0.29, 0.717) is 6.54 Å². The van der Waals surface area contributed by atoms with Crippen LogP contribution in [-0.2, 0) is 11.3 Å². The number of nitrogens with zero attached hydrogens (tertiary/aromatic N) is 1. The Labute approximate surface area is 101 Å². The van der Waals surface area contributed by atoms with Gasteiger partial charge in [-0.05, 0) is 12.1 Å². The van der Waals surface area contributed by atoms with E-state index in [0.717, 1.165) is 37.6 Å². The van der Waals surface area contributed by atoms with Gasteiger partial charge in [0.15, 0.2) is 0 Å². The van der Waals surface area contributed by atoms with Crippen LogP contribution in [0.25, 0.3) is 0 Å². The molecule has 1 heterocycles. The first-order valence-electron chi connectivity index (χ1n) is 5.81. The minimum atomic E-state index is -0.170. The van der Waals surface area contributed by atoms with Gasteiger partial charge in [-0.3, -0.25) is 4.90 Å². The van der Waals surface area contributed by atoms with E-state index in [1.165, 1.54) is 6.07 Å². The number of hydrazine groups is 1. The van der Waals surface area contributed by atoms with Crippen LogP contribution in [0, 0.1) is 5.82 Å². The Balaban J connectivity index is 2.00. The zero-order chi connectivity index (χ0) is 12.1. The third-order valence-electron chi connectivity index (χ3n) is 2.82. The van der Waals surface area contributed by atoms with Gasteiger partial charge in [-0.1, -0.05) is 6.07 Å². The van der Waals surface area contributed by atoms with Crippen LogP contribution in [0.3, 0.4) is 0 Å². The summed E-state index contributed by atoms with van der Waals surface area (Å²) < 4.78 is 19.1. The highest BCUT2D eigenvalue weighted by Crippen LogP contribution is 2.16. The van der Waals surface area contributed by atoms with Crippen molar-refractivity contribution in [3.63, 3.8) is 0 Å². The molecule has 5 heteroatoms. The number of rotatable bonds is 4. The van der Waals surface area contributed by atoms with Crippen molar-refractivity contribution in [2.75, 3.05) is 38.8 Å². The maximum atomic E-state index is 13.8. The number of hydrogen-bond donors (Lipinski definition) is 2. The van der Waals surface area contributed by atoms with E-state index in [9.17, 15) is 4.39 Å². The Morgan fingerprint density at radius 1 is 1.35 bits per heavy atom. The monoisotopic (exact) mass is 239 g/mol. The molecule has 0 aliphatic carbocycles. The van der Waals surface area contributed by atoms with E-state index in [4.69, 9.17) is 4.74 Å². The lowest BCUT2D eigenvalue weighted by molar-refractivity contribution is 0.0337. The summed E-state index contributed by atoms with van der Waals surface area (Å²) >= 11 is 0. The highest BCUT2D eigenvalue weighted by atomic mass is 19.1. The minimum Gasteiger partial charge on any atom is -0.379 e. The summed E-state index contributed by atoms with van der Waals surface area (Å²) in [6.45, 7) is 3.86. The van der Waals surface area contributed by atoms with Crippen LogP contribution in [-0.4, -0.2) is 38.3 Å². The molecule has 0 aromatic heterocycles. The zero-order valence-corrected chi connectivity index (χ0v) is 10.0. The van der Waals surface area contributed by atoms with Gasteiger partial charge in [-0.25, -0.2) is 9.82 Å². The number of ether oxygens (including phenoxy) is 1. The summed E-state index contributed by atoms with van der Waals surface area (Å²) in [4.78, 5) is 2.20. The van der Waals surface area contributed by atoms with Crippen molar-refractivity contribution in [2.24, 2.45) is 0 Å². The molecule has 1 fully saturated rings. The first-order valence-corrected chi connectivity index (χ1v) is 5.81. The number of benzene rings is 1. The van der Waals surface area contributed by atoms with E-state index >= 15 is 0 Å². The molecule has 17 heavy (non-hydrogen) atoms. The normalized spacial score (nSPS) is 17.1. The predicted octanol–water partition coefficient (Wildman–Crippen LogP) is 1.20. The first kappa shape index (κ1) is 12.3. The summed E-state index contributed by atoms with van der Waals surface area (Å²) in [5.41, 5.74) is 7.09. The van der Waals surface area contributed by atoms with Crippen LogP contribution in [0.4, 0.5) is 10.1 Å². The molecule has 0 unspecified atom stereocenters. The fourth-order valence-corrected chi connectivity index (χ4v) is 1.90. The molecule has 2 N–H and O–H groups in total. The van der Waals surface area contributed by atoms with Gasteiger partial charge in [0.1, 0.15) is 5.82 Å². The average Bonchev–Trinajstić information content (AvgIpc) is 2.34. The second kappa shape index (κ2) is 5.95. The van der Waals surface area contributed by atoms with Crippen molar-refractivity contribution >= 4 is 5.69 Å². The van der Waals surface area contributed by atoms with E-state index in [1.54, 1.807) is 7.05 Å². The Bertz CT molecular complexity index is 367. The Kier molecular flexibility index (Phi) is 4.30. The molecule has 94 valence electrons.